The highest BCUT2D eigenvalue weighted by Gasteiger charge is 2.19. The number of hydrogen-bond donors (Lipinski definition) is 1. The fraction of sp³-hybridized carbons (Fsp3) is 0.107. The molecule has 0 unspecified atom stereocenters. The number of hydrogen-bond acceptors (Lipinski definition) is 7. The van der Waals surface area contributed by atoms with Crippen LogP contribution in [0.1, 0.15) is 15.9 Å². The first-order valence-corrected chi connectivity index (χ1v) is 12.2. The number of nitrogens with one attached hydrogen (secondary N) is 1. The maximum atomic E-state index is 13.1. The van der Waals surface area contributed by atoms with Crippen molar-refractivity contribution in [1.82, 2.24) is 10.3 Å². The molecule has 0 spiro atoms. The van der Waals surface area contributed by atoms with E-state index in [1.165, 1.54) is 0 Å². The van der Waals surface area contributed by atoms with E-state index in [1.54, 1.807) is 29.5 Å². The van der Waals surface area contributed by atoms with Crippen molar-refractivity contribution >= 4 is 44.2 Å². The summed E-state index contributed by atoms with van der Waals surface area (Å²) < 4.78 is 17.1. The van der Waals surface area contributed by atoms with Crippen molar-refractivity contribution in [3.63, 3.8) is 0 Å². The van der Waals surface area contributed by atoms with Crippen LogP contribution < -0.4 is 14.8 Å². The first-order chi connectivity index (χ1) is 17.7. The SMILES string of the molecule is O=C(COC(=O)c1cccc2cccc(-c3nc4ccccc4s3)c12)NCc1ccc2c(c1)OCO2. The molecular weight excluding hydrogens is 476 g/mol. The zero-order valence-corrected chi connectivity index (χ0v) is 19.8. The maximum Gasteiger partial charge on any atom is 0.339 e. The molecule has 0 saturated carbocycles. The number of aromatic nitrogens is 1. The lowest BCUT2D eigenvalue weighted by atomic mass is 9.99. The predicted molar refractivity (Wildman–Crippen MR) is 137 cm³/mol. The number of thiazole rings is 1. The summed E-state index contributed by atoms with van der Waals surface area (Å²) in [6, 6.07) is 24.7. The molecule has 0 radical (unpaired) electrons. The zero-order chi connectivity index (χ0) is 24.5. The number of rotatable bonds is 6. The van der Waals surface area contributed by atoms with Crippen LogP contribution in [0.5, 0.6) is 11.5 Å². The monoisotopic (exact) mass is 496 g/mol. The summed E-state index contributed by atoms with van der Waals surface area (Å²) >= 11 is 1.57. The smallest absolute Gasteiger partial charge is 0.339 e. The molecule has 2 heterocycles. The third-order valence-corrected chi connectivity index (χ3v) is 6.98. The van der Waals surface area contributed by atoms with Crippen LogP contribution in [-0.2, 0) is 16.1 Å². The lowest BCUT2D eigenvalue weighted by molar-refractivity contribution is -0.124. The molecule has 5 aromatic rings. The Morgan fingerprint density at radius 3 is 2.67 bits per heavy atom. The van der Waals surface area contributed by atoms with Crippen LogP contribution in [0, 0.1) is 0 Å². The predicted octanol–water partition coefficient (Wildman–Crippen LogP) is 5.32. The molecule has 0 atom stereocenters. The van der Waals surface area contributed by atoms with Crippen LogP contribution in [0.25, 0.3) is 31.6 Å². The van der Waals surface area contributed by atoms with E-state index in [9.17, 15) is 9.59 Å². The second-order valence-electron chi connectivity index (χ2n) is 8.24. The van der Waals surface area contributed by atoms with Gasteiger partial charge in [0.25, 0.3) is 5.91 Å². The minimum Gasteiger partial charge on any atom is -0.454 e. The summed E-state index contributed by atoms with van der Waals surface area (Å²) in [6.07, 6.45) is 0. The summed E-state index contributed by atoms with van der Waals surface area (Å²) in [4.78, 5) is 30.2. The van der Waals surface area contributed by atoms with Crippen molar-refractivity contribution in [3.8, 4) is 22.1 Å². The van der Waals surface area contributed by atoms with Crippen molar-refractivity contribution in [2.75, 3.05) is 13.4 Å². The Kier molecular flexibility index (Phi) is 5.71. The van der Waals surface area contributed by atoms with Gasteiger partial charge in [-0.25, -0.2) is 9.78 Å². The molecule has 178 valence electrons. The second kappa shape index (κ2) is 9.31. The van der Waals surface area contributed by atoms with Crippen molar-refractivity contribution in [3.05, 3.63) is 90.0 Å². The van der Waals surface area contributed by atoms with Crippen LogP contribution in [0.2, 0.25) is 0 Å². The number of ether oxygens (including phenoxy) is 3. The van der Waals surface area contributed by atoms with E-state index >= 15 is 0 Å². The molecule has 1 N–H and O–H groups in total. The van der Waals surface area contributed by atoms with Gasteiger partial charge in [-0.2, -0.15) is 0 Å². The molecule has 7 nitrogen and oxygen atoms in total. The van der Waals surface area contributed by atoms with Gasteiger partial charge in [-0.15, -0.1) is 11.3 Å². The van der Waals surface area contributed by atoms with Gasteiger partial charge in [0.2, 0.25) is 6.79 Å². The lowest BCUT2D eigenvalue weighted by Gasteiger charge is -2.11. The number of amides is 1. The largest absolute Gasteiger partial charge is 0.454 e. The Balaban J connectivity index is 1.19. The summed E-state index contributed by atoms with van der Waals surface area (Å²) in [6.45, 7) is 0.0854. The molecule has 0 fully saturated rings. The molecule has 6 rings (SSSR count). The molecular formula is C28H20N2O5S. The Labute approximate surface area is 210 Å². The molecule has 0 bridgehead atoms. The molecule has 1 aliphatic rings. The van der Waals surface area contributed by atoms with E-state index in [2.05, 4.69) is 5.32 Å². The van der Waals surface area contributed by atoms with Gasteiger partial charge in [0.15, 0.2) is 18.1 Å². The van der Waals surface area contributed by atoms with Crippen LogP contribution in [0.4, 0.5) is 0 Å². The van der Waals surface area contributed by atoms with E-state index in [1.807, 2.05) is 60.7 Å². The normalized spacial score (nSPS) is 12.1. The summed E-state index contributed by atoms with van der Waals surface area (Å²) in [7, 11) is 0. The van der Waals surface area contributed by atoms with Gasteiger partial charge in [-0.05, 0) is 41.3 Å². The second-order valence-corrected chi connectivity index (χ2v) is 9.27. The standard InChI is InChI=1S/C28H20N2O5S/c31-25(29-14-17-11-12-22-23(13-17)35-16-34-22)15-33-28(32)20-8-4-6-18-5-3-7-19(26(18)20)27-30-21-9-1-2-10-24(21)36-27/h1-13H,14-16H2,(H,29,31). The highest BCUT2D eigenvalue weighted by Crippen LogP contribution is 2.36. The molecule has 1 aromatic heterocycles. The average Bonchev–Trinajstić information content (AvgIpc) is 3.56. The Morgan fingerprint density at radius 1 is 0.944 bits per heavy atom. The van der Waals surface area contributed by atoms with Crippen molar-refractivity contribution in [2.45, 2.75) is 6.54 Å². The number of nitrogens with zero attached hydrogens (tertiary/aromatic N) is 1. The Morgan fingerprint density at radius 2 is 1.78 bits per heavy atom. The molecule has 36 heavy (non-hydrogen) atoms. The minimum absolute atomic E-state index is 0.190. The fourth-order valence-corrected chi connectivity index (χ4v) is 5.19. The van der Waals surface area contributed by atoms with Gasteiger partial charge < -0.3 is 19.5 Å². The van der Waals surface area contributed by atoms with E-state index in [4.69, 9.17) is 19.2 Å². The first kappa shape index (κ1) is 22.1. The topological polar surface area (TPSA) is 86.8 Å². The number of benzene rings is 4. The van der Waals surface area contributed by atoms with E-state index in [0.717, 1.165) is 37.1 Å². The Bertz CT molecular complexity index is 1590. The summed E-state index contributed by atoms with van der Waals surface area (Å²) in [5.41, 5.74) is 3.02. The number of para-hydroxylation sites is 1. The average molecular weight is 497 g/mol. The molecule has 0 saturated heterocycles. The number of fused-ring (bicyclic) bond motifs is 3. The Hall–Kier alpha value is -4.43. The van der Waals surface area contributed by atoms with E-state index < -0.39 is 11.9 Å². The van der Waals surface area contributed by atoms with Crippen LogP contribution in [0.15, 0.2) is 78.9 Å². The quantitative estimate of drug-likeness (QED) is 0.320. The van der Waals surface area contributed by atoms with Crippen molar-refractivity contribution in [1.29, 1.82) is 0 Å². The highest BCUT2D eigenvalue weighted by atomic mass is 32.1. The third kappa shape index (κ3) is 4.23. The van der Waals surface area contributed by atoms with Crippen LogP contribution in [0.3, 0.4) is 0 Å². The zero-order valence-electron chi connectivity index (χ0n) is 19.0. The minimum atomic E-state index is -0.563. The van der Waals surface area contributed by atoms with Crippen LogP contribution >= 0.6 is 11.3 Å². The lowest BCUT2D eigenvalue weighted by Crippen LogP contribution is -2.28. The van der Waals surface area contributed by atoms with Gasteiger partial charge >= 0.3 is 5.97 Å². The van der Waals surface area contributed by atoms with Crippen molar-refractivity contribution in [2.24, 2.45) is 0 Å². The van der Waals surface area contributed by atoms with Gasteiger partial charge in [0.1, 0.15) is 5.01 Å². The number of carbonyl (C=O) groups excluding carboxylic acids is 2. The van der Waals surface area contributed by atoms with Gasteiger partial charge in [-0.3, -0.25) is 4.79 Å². The third-order valence-electron chi connectivity index (χ3n) is 5.91. The number of esters is 1. The fourth-order valence-electron chi connectivity index (χ4n) is 4.19. The highest BCUT2D eigenvalue weighted by molar-refractivity contribution is 7.21. The van der Waals surface area contributed by atoms with Gasteiger partial charge in [-0.1, -0.05) is 48.5 Å². The summed E-state index contributed by atoms with van der Waals surface area (Å²) in [5, 5.41) is 5.24. The van der Waals surface area contributed by atoms with Gasteiger partial charge in [0, 0.05) is 17.5 Å². The summed E-state index contributed by atoms with van der Waals surface area (Å²) in [5.74, 6) is 0.368. The maximum absolute atomic E-state index is 13.1. The molecule has 8 heteroatoms. The number of carbonyl (C=O) groups is 2. The first-order valence-electron chi connectivity index (χ1n) is 11.4. The van der Waals surface area contributed by atoms with E-state index in [-0.39, 0.29) is 19.9 Å². The van der Waals surface area contributed by atoms with E-state index in [0.29, 0.717) is 17.1 Å². The molecule has 1 amide bonds. The molecule has 1 aliphatic heterocycles. The molecule has 4 aromatic carbocycles. The molecule has 0 aliphatic carbocycles. The van der Waals surface area contributed by atoms with Crippen molar-refractivity contribution < 1.29 is 23.8 Å². The van der Waals surface area contributed by atoms with Crippen LogP contribution in [-0.4, -0.2) is 30.3 Å². The van der Waals surface area contributed by atoms with Gasteiger partial charge in [0.05, 0.1) is 15.8 Å².